The molecule has 0 aromatic carbocycles. The molecule has 1 fully saturated rings. The lowest BCUT2D eigenvalue weighted by molar-refractivity contribution is 0.00857. The van der Waals surface area contributed by atoms with Crippen molar-refractivity contribution >= 4 is 0 Å². The van der Waals surface area contributed by atoms with Crippen molar-refractivity contribution in [2.24, 2.45) is 7.05 Å². The van der Waals surface area contributed by atoms with Crippen molar-refractivity contribution in [3.63, 3.8) is 0 Å². The smallest absolute Gasteiger partial charge is 0.0842 e. The Morgan fingerprint density at radius 1 is 1.50 bits per heavy atom. The van der Waals surface area contributed by atoms with E-state index in [9.17, 15) is 0 Å². The minimum atomic E-state index is 0.469. The summed E-state index contributed by atoms with van der Waals surface area (Å²) in [5.41, 5.74) is 1.07. The van der Waals surface area contributed by atoms with E-state index in [0.717, 1.165) is 44.5 Å². The number of nitrogens with one attached hydrogen (secondary N) is 1. The number of hydrogen-bond donors (Lipinski definition) is 1. The molecule has 1 saturated heterocycles. The second-order valence-electron chi connectivity index (χ2n) is 5.80. The Hall–Kier alpha value is -0.940. The maximum atomic E-state index is 5.83. The normalized spacial score (nSPS) is 21.0. The molecule has 0 spiro atoms. The van der Waals surface area contributed by atoms with Gasteiger partial charge >= 0.3 is 0 Å². The van der Waals surface area contributed by atoms with Crippen molar-refractivity contribution in [1.82, 2.24) is 20.3 Å². The van der Waals surface area contributed by atoms with Crippen LogP contribution in [0.2, 0.25) is 0 Å². The molecule has 0 bridgehead atoms. The summed E-state index contributed by atoms with van der Waals surface area (Å²) in [6.45, 7) is 4.22. The van der Waals surface area contributed by atoms with Gasteiger partial charge in [-0.15, -0.1) is 5.10 Å². The van der Waals surface area contributed by atoms with Crippen LogP contribution in [0.5, 0.6) is 0 Å². The van der Waals surface area contributed by atoms with Crippen LogP contribution in [0.1, 0.15) is 51.1 Å². The zero-order valence-electron chi connectivity index (χ0n) is 12.8. The van der Waals surface area contributed by atoms with Gasteiger partial charge in [0.2, 0.25) is 0 Å². The van der Waals surface area contributed by atoms with Crippen molar-refractivity contribution in [1.29, 1.82) is 0 Å². The first-order chi connectivity index (χ1) is 9.78. The van der Waals surface area contributed by atoms with Gasteiger partial charge in [0.1, 0.15) is 0 Å². The van der Waals surface area contributed by atoms with Crippen LogP contribution >= 0.6 is 0 Å². The number of aryl methyl sites for hydroxylation is 1. The van der Waals surface area contributed by atoms with E-state index in [-0.39, 0.29) is 0 Å². The van der Waals surface area contributed by atoms with Gasteiger partial charge in [0.05, 0.1) is 11.8 Å². The maximum Gasteiger partial charge on any atom is 0.0842 e. The molecule has 20 heavy (non-hydrogen) atoms. The third kappa shape index (κ3) is 5.21. The summed E-state index contributed by atoms with van der Waals surface area (Å²) in [6.07, 6.45) is 10.7. The van der Waals surface area contributed by atoms with Crippen LogP contribution in [-0.4, -0.2) is 40.3 Å². The van der Waals surface area contributed by atoms with E-state index in [1.807, 2.05) is 13.2 Å². The topological polar surface area (TPSA) is 52.0 Å². The van der Waals surface area contributed by atoms with Gasteiger partial charge in [-0.2, -0.15) is 0 Å². The largest absolute Gasteiger partial charge is 0.378 e. The molecule has 2 rings (SSSR count). The highest BCUT2D eigenvalue weighted by Crippen LogP contribution is 2.18. The summed E-state index contributed by atoms with van der Waals surface area (Å²) in [7, 11) is 1.92. The molecule has 0 aliphatic carbocycles. The molecule has 0 amide bonds. The van der Waals surface area contributed by atoms with Crippen molar-refractivity contribution in [2.75, 3.05) is 13.2 Å². The Balaban J connectivity index is 1.79. The third-order valence-electron chi connectivity index (χ3n) is 3.90. The summed E-state index contributed by atoms with van der Waals surface area (Å²) in [6, 6.07) is 0.483. The van der Waals surface area contributed by atoms with E-state index in [1.54, 1.807) is 4.68 Å². The van der Waals surface area contributed by atoms with Crippen molar-refractivity contribution in [3.05, 3.63) is 11.9 Å². The van der Waals surface area contributed by atoms with Gasteiger partial charge < -0.3 is 10.1 Å². The molecule has 5 nitrogen and oxygen atoms in total. The van der Waals surface area contributed by atoms with Gasteiger partial charge in [0.25, 0.3) is 0 Å². The highest BCUT2D eigenvalue weighted by molar-refractivity contribution is 4.96. The lowest BCUT2D eigenvalue weighted by atomic mass is 9.99. The number of hydrogen-bond acceptors (Lipinski definition) is 4. The van der Waals surface area contributed by atoms with Crippen LogP contribution in [0.4, 0.5) is 0 Å². The van der Waals surface area contributed by atoms with E-state index in [2.05, 4.69) is 22.6 Å². The lowest BCUT2D eigenvalue weighted by Gasteiger charge is -2.25. The monoisotopic (exact) mass is 280 g/mol. The number of nitrogens with zero attached hydrogens (tertiary/aromatic N) is 3. The van der Waals surface area contributed by atoms with E-state index in [0.29, 0.717) is 12.1 Å². The van der Waals surface area contributed by atoms with Crippen LogP contribution in [0, 0.1) is 0 Å². The fourth-order valence-corrected chi connectivity index (χ4v) is 2.79. The van der Waals surface area contributed by atoms with E-state index < -0.39 is 0 Å². The van der Waals surface area contributed by atoms with Crippen LogP contribution in [0.15, 0.2) is 6.20 Å². The van der Waals surface area contributed by atoms with Crippen LogP contribution in [0.25, 0.3) is 0 Å². The van der Waals surface area contributed by atoms with Gasteiger partial charge in [-0.1, -0.05) is 12.1 Å². The van der Waals surface area contributed by atoms with Crippen LogP contribution in [0.3, 0.4) is 0 Å². The molecule has 1 aliphatic heterocycles. The molecular formula is C15H28N4O. The predicted molar refractivity (Wildman–Crippen MR) is 79.6 cm³/mol. The lowest BCUT2D eigenvalue weighted by Crippen LogP contribution is -2.33. The molecule has 2 atom stereocenters. The second kappa shape index (κ2) is 8.37. The molecule has 2 unspecified atom stereocenters. The van der Waals surface area contributed by atoms with Crippen molar-refractivity contribution < 1.29 is 4.74 Å². The molecule has 0 saturated carbocycles. The predicted octanol–water partition coefficient (Wildman–Crippen LogP) is 2.08. The standard InChI is InChI=1S/C15H28N4O/c1-3-9-16-13(11-14-12-19(2)18-17-14)7-8-15-6-4-5-10-20-15/h12-13,15-16H,3-11H2,1-2H3. The molecule has 0 radical (unpaired) electrons. The fourth-order valence-electron chi connectivity index (χ4n) is 2.79. The third-order valence-corrected chi connectivity index (χ3v) is 3.90. The Bertz CT molecular complexity index is 374. The van der Waals surface area contributed by atoms with Crippen molar-refractivity contribution in [2.45, 2.75) is 64.0 Å². The van der Waals surface area contributed by atoms with E-state index in [1.165, 1.54) is 19.3 Å². The van der Waals surface area contributed by atoms with Gasteiger partial charge in [0.15, 0.2) is 0 Å². The zero-order chi connectivity index (χ0) is 14.2. The minimum absolute atomic E-state index is 0.469. The van der Waals surface area contributed by atoms with Gasteiger partial charge in [0, 0.05) is 32.3 Å². The molecule has 1 aromatic rings. The number of rotatable bonds is 8. The molecular weight excluding hydrogens is 252 g/mol. The second-order valence-corrected chi connectivity index (χ2v) is 5.80. The summed E-state index contributed by atoms with van der Waals surface area (Å²) in [5, 5.41) is 11.8. The summed E-state index contributed by atoms with van der Waals surface area (Å²) in [4.78, 5) is 0. The Morgan fingerprint density at radius 3 is 3.05 bits per heavy atom. The highest BCUT2D eigenvalue weighted by Gasteiger charge is 2.17. The van der Waals surface area contributed by atoms with E-state index >= 15 is 0 Å². The Morgan fingerprint density at radius 2 is 2.40 bits per heavy atom. The number of aromatic nitrogens is 3. The highest BCUT2D eigenvalue weighted by atomic mass is 16.5. The molecule has 1 aromatic heterocycles. The minimum Gasteiger partial charge on any atom is -0.378 e. The van der Waals surface area contributed by atoms with Gasteiger partial charge in [-0.25, -0.2) is 0 Å². The zero-order valence-corrected chi connectivity index (χ0v) is 12.8. The SMILES string of the molecule is CCCNC(CCC1CCCCO1)Cc1cn(C)nn1. The fraction of sp³-hybridized carbons (Fsp3) is 0.867. The average Bonchev–Trinajstić information content (AvgIpc) is 2.88. The van der Waals surface area contributed by atoms with Gasteiger partial charge in [-0.05, 0) is 45.1 Å². The summed E-state index contributed by atoms with van der Waals surface area (Å²) < 4.78 is 7.60. The first-order valence-corrected chi connectivity index (χ1v) is 7.98. The Kier molecular flexibility index (Phi) is 6.47. The quantitative estimate of drug-likeness (QED) is 0.792. The number of ether oxygens (including phenoxy) is 1. The van der Waals surface area contributed by atoms with Crippen LogP contribution in [-0.2, 0) is 18.2 Å². The van der Waals surface area contributed by atoms with Crippen LogP contribution < -0.4 is 5.32 Å². The first-order valence-electron chi connectivity index (χ1n) is 7.98. The molecule has 2 heterocycles. The Labute approximate surface area is 122 Å². The summed E-state index contributed by atoms with van der Waals surface area (Å²) in [5.74, 6) is 0. The van der Waals surface area contributed by atoms with Crippen molar-refractivity contribution in [3.8, 4) is 0 Å². The van der Waals surface area contributed by atoms with Gasteiger partial charge in [-0.3, -0.25) is 4.68 Å². The maximum absolute atomic E-state index is 5.83. The molecule has 1 aliphatic rings. The molecule has 5 heteroatoms. The molecule has 1 N–H and O–H groups in total. The summed E-state index contributed by atoms with van der Waals surface area (Å²) >= 11 is 0. The average molecular weight is 280 g/mol. The first kappa shape index (κ1) is 15.4. The molecule has 114 valence electrons. The van der Waals surface area contributed by atoms with E-state index in [4.69, 9.17) is 4.74 Å².